The van der Waals surface area contributed by atoms with E-state index in [-0.39, 0.29) is 5.97 Å². The van der Waals surface area contributed by atoms with Crippen LogP contribution in [0.4, 0.5) is 0 Å². The lowest BCUT2D eigenvalue weighted by Crippen LogP contribution is -2.03. The van der Waals surface area contributed by atoms with E-state index in [1.807, 2.05) is 30.3 Å². The highest BCUT2D eigenvalue weighted by Crippen LogP contribution is 2.30. The van der Waals surface area contributed by atoms with Crippen molar-refractivity contribution in [3.05, 3.63) is 70.8 Å². The van der Waals surface area contributed by atoms with E-state index in [9.17, 15) is 4.79 Å². The van der Waals surface area contributed by atoms with Crippen molar-refractivity contribution in [2.75, 3.05) is 6.61 Å². The molecule has 1 aliphatic rings. The molecule has 0 spiro atoms. The van der Waals surface area contributed by atoms with Gasteiger partial charge in [0.1, 0.15) is 12.4 Å². The van der Waals surface area contributed by atoms with Gasteiger partial charge in [-0.1, -0.05) is 36.4 Å². The Hall–Kier alpha value is -2.55. The van der Waals surface area contributed by atoms with E-state index in [2.05, 4.69) is 12.1 Å². The normalized spacial score (nSPS) is 14.6. The van der Waals surface area contributed by atoms with Gasteiger partial charge < -0.3 is 9.47 Å². The summed E-state index contributed by atoms with van der Waals surface area (Å²) in [6.45, 7) is 2.80. The Labute approximate surface area is 123 Å². The van der Waals surface area contributed by atoms with Gasteiger partial charge in [0.2, 0.25) is 0 Å². The highest BCUT2D eigenvalue weighted by molar-refractivity contribution is 5.90. The molecule has 0 radical (unpaired) electrons. The summed E-state index contributed by atoms with van der Waals surface area (Å²) < 4.78 is 10.7. The van der Waals surface area contributed by atoms with Crippen molar-refractivity contribution in [1.82, 2.24) is 0 Å². The Morgan fingerprint density at radius 1 is 1.19 bits per heavy atom. The molecule has 2 aromatic rings. The molecule has 2 aromatic carbocycles. The maximum Gasteiger partial charge on any atom is 0.338 e. The van der Waals surface area contributed by atoms with E-state index in [4.69, 9.17) is 9.47 Å². The van der Waals surface area contributed by atoms with Crippen LogP contribution in [0.2, 0.25) is 0 Å². The van der Waals surface area contributed by atoms with Crippen molar-refractivity contribution in [1.29, 1.82) is 0 Å². The molecule has 106 valence electrons. The largest absolute Gasteiger partial charge is 0.488 e. The van der Waals surface area contributed by atoms with Crippen molar-refractivity contribution in [2.45, 2.75) is 13.5 Å². The minimum atomic E-state index is -0.292. The van der Waals surface area contributed by atoms with Crippen molar-refractivity contribution in [3.8, 4) is 0 Å². The maximum absolute atomic E-state index is 11.6. The first-order valence-electron chi connectivity index (χ1n) is 6.98. The lowest BCUT2D eigenvalue weighted by atomic mass is 10.1. The monoisotopic (exact) mass is 280 g/mol. The molecule has 0 saturated heterocycles. The molecule has 0 bridgehead atoms. The first kappa shape index (κ1) is 13.4. The van der Waals surface area contributed by atoms with E-state index in [1.54, 1.807) is 19.1 Å². The van der Waals surface area contributed by atoms with Gasteiger partial charge in [0.15, 0.2) is 0 Å². The van der Waals surface area contributed by atoms with Gasteiger partial charge in [-0.05, 0) is 30.7 Å². The van der Waals surface area contributed by atoms with Crippen LogP contribution in [0.3, 0.4) is 0 Å². The van der Waals surface area contributed by atoms with Crippen LogP contribution in [-0.4, -0.2) is 12.6 Å². The van der Waals surface area contributed by atoms with Gasteiger partial charge in [-0.3, -0.25) is 0 Å². The molecule has 0 aromatic heterocycles. The molecule has 0 aliphatic carbocycles. The molecule has 1 aliphatic heterocycles. The van der Waals surface area contributed by atoms with E-state index in [0.29, 0.717) is 18.8 Å². The first-order valence-corrected chi connectivity index (χ1v) is 6.98. The van der Waals surface area contributed by atoms with Crippen molar-refractivity contribution in [2.24, 2.45) is 0 Å². The van der Waals surface area contributed by atoms with Crippen LogP contribution >= 0.6 is 0 Å². The Morgan fingerprint density at radius 2 is 1.95 bits per heavy atom. The predicted octanol–water partition coefficient (Wildman–Crippen LogP) is 3.89. The van der Waals surface area contributed by atoms with Crippen molar-refractivity contribution >= 4 is 17.8 Å². The molecule has 1 heterocycles. The zero-order valence-corrected chi connectivity index (χ0v) is 11.8. The fraction of sp³-hybridized carbons (Fsp3) is 0.167. The van der Waals surface area contributed by atoms with Crippen LogP contribution in [0.15, 0.2) is 48.5 Å². The Bertz CT molecular complexity index is 684. The average Bonchev–Trinajstić information content (AvgIpc) is 2.92. The van der Waals surface area contributed by atoms with Crippen LogP contribution in [0.1, 0.15) is 34.0 Å². The number of rotatable bonds is 3. The topological polar surface area (TPSA) is 35.5 Å². The Kier molecular flexibility index (Phi) is 3.73. The number of carbonyl (C=O) groups excluding carboxylic acids is 1. The summed E-state index contributed by atoms with van der Waals surface area (Å²) in [4.78, 5) is 11.6. The lowest BCUT2D eigenvalue weighted by Gasteiger charge is -2.03. The number of fused-ring (bicyclic) bond motifs is 1. The smallest absolute Gasteiger partial charge is 0.338 e. The number of benzene rings is 2. The summed E-state index contributed by atoms with van der Waals surface area (Å²) in [5.74, 6) is 0.577. The van der Waals surface area contributed by atoms with Crippen LogP contribution in [0.25, 0.3) is 11.8 Å². The minimum absolute atomic E-state index is 0.292. The number of ether oxygens (including phenoxy) is 2. The number of hydrogen-bond donors (Lipinski definition) is 0. The second kappa shape index (κ2) is 5.83. The van der Waals surface area contributed by atoms with E-state index >= 15 is 0 Å². The van der Waals surface area contributed by atoms with Crippen LogP contribution < -0.4 is 0 Å². The Morgan fingerprint density at radius 3 is 2.71 bits per heavy atom. The van der Waals surface area contributed by atoms with Crippen molar-refractivity contribution < 1.29 is 14.3 Å². The minimum Gasteiger partial charge on any atom is -0.488 e. The lowest BCUT2D eigenvalue weighted by molar-refractivity contribution is 0.0526. The summed E-state index contributed by atoms with van der Waals surface area (Å²) in [5, 5.41) is 0. The molecule has 0 amide bonds. The highest BCUT2D eigenvalue weighted by Gasteiger charge is 2.16. The third-order valence-corrected chi connectivity index (χ3v) is 3.39. The van der Waals surface area contributed by atoms with Gasteiger partial charge >= 0.3 is 5.97 Å². The molecule has 0 unspecified atom stereocenters. The molecule has 0 fully saturated rings. The molecule has 21 heavy (non-hydrogen) atoms. The van der Waals surface area contributed by atoms with Crippen LogP contribution in [0.5, 0.6) is 0 Å². The van der Waals surface area contributed by atoms with E-state index in [0.717, 1.165) is 16.9 Å². The summed E-state index contributed by atoms with van der Waals surface area (Å²) in [5.41, 5.74) is 3.89. The second-order valence-corrected chi connectivity index (χ2v) is 4.80. The third kappa shape index (κ3) is 2.82. The summed E-state index contributed by atoms with van der Waals surface area (Å²) in [6.07, 6.45) is 1.99. The zero-order chi connectivity index (χ0) is 14.7. The van der Waals surface area contributed by atoms with Crippen LogP contribution in [-0.2, 0) is 16.1 Å². The summed E-state index contributed by atoms with van der Waals surface area (Å²) in [7, 11) is 0. The standard InChI is InChI=1S/C18H16O3/c1-2-20-18(19)14-9-7-13(8-10-14)11-17-16-6-4-3-5-15(16)12-21-17/h3-11H,2,12H2,1H3/b17-11-. The van der Waals surface area contributed by atoms with Gasteiger partial charge in [-0.15, -0.1) is 0 Å². The molecule has 0 atom stereocenters. The zero-order valence-electron chi connectivity index (χ0n) is 11.8. The van der Waals surface area contributed by atoms with Crippen molar-refractivity contribution in [3.63, 3.8) is 0 Å². The van der Waals surface area contributed by atoms with Gasteiger partial charge in [-0.25, -0.2) is 4.79 Å². The number of hydrogen-bond acceptors (Lipinski definition) is 3. The average molecular weight is 280 g/mol. The third-order valence-electron chi connectivity index (χ3n) is 3.39. The quantitative estimate of drug-likeness (QED) is 0.800. The highest BCUT2D eigenvalue weighted by atomic mass is 16.5. The molecule has 3 heteroatoms. The van der Waals surface area contributed by atoms with Gasteiger partial charge in [0.05, 0.1) is 12.2 Å². The Balaban J connectivity index is 1.83. The molecular weight excluding hydrogens is 264 g/mol. The number of carbonyl (C=O) groups is 1. The van der Waals surface area contributed by atoms with Gasteiger partial charge in [0, 0.05) is 11.1 Å². The number of esters is 1. The molecule has 3 nitrogen and oxygen atoms in total. The van der Waals surface area contributed by atoms with E-state index in [1.165, 1.54) is 5.56 Å². The molecule has 0 N–H and O–H groups in total. The molecule has 0 saturated carbocycles. The predicted molar refractivity (Wildman–Crippen MR) is 81.5 cm³/mol. The fourth-order valence-corrected chi connectivity index (χ4v) is 2.32. The first-order chi connectivity index (χ1) is 10.3. The van der Waals surface area contributed by atoms with E-state index < -0.39 is 0 Å². The summed E-state index contributed by atoms with van der Waals surface area (Å²) in [6, 6.07) is 15.5. The fourth-order valence-electron chi connectivity index (χ4n) is 2.32. The van der Waals surface area contributed by atoms with Gasteiger partial charge in [-0.2, -0.15) is 0 Å². The SMILES string of the molecule is CCOC(=O)c1ccc(/C=C2\OCc3ccccc32)cc1. The van der Waals surface area contributed by atoms with Crippen LogP contribution in [0, 0.1) is 0 Å². The van der Waals surface area contributed by atoms with Gasteiger partial charge in [0.25, 0.3) is 0 Å². The summed E-state index contributed by atoms with van der Waals surface area (Å²) >= 11 is 0. The second-order valence-electron chi connectivity index (χ2n) is 4.80. The molecular formula is C18H16O3. The maximum atomic E-state index is 11.6. The molecule has 3 rings (SSSR count).